The fourth-order valence-electron chi connectivity index (χ4n) is 2.46. The summed E-state index contributed by atoms with van der Waals surface area (Å²) in [7, 11) is 1.93. The van der Waals surface area contributed by atoms with Gasteiger partial charge in [0, 0.05) is 24.7 Å². The van der Waals surface area contributed by atoms with Gasteiger partial charge in [0.05, 0.1) is 24.7 Å². The Balaban J connectivity index is 1.87. The van der Waals surface area contributed by atoms with Gasteiger partial charge in [0.1, 0.15) is 5.75 Å². The van der Waals surface area contributed by atoms with Gasteiger partial charge < -0.3 is 15.0 Å². The summed E-state index contributed by atoms with van der Waals surface area (Å²) in [6.07, 6.45) is 5.30. The molecular weight excluding hydrogens is 262 g/mol. The predicted octanol–water partition coefficient (Wildman–Crippen LogP) is 2.25. The highest BCUT2D eigenvalue weighted by molar-refractivity contribution is 6.30. The fourth-order valence-corrected chi connectivity index (χ4v) is 2.73. The lowest BCUT2D eigenvalue weighted by molar-refractivity contribution is 0.352. The largest absolute Gasteiger partial charge is 0.493 e. The van der Waals surface area contributed by atoms with Crippen LogP contribution >= 0.6 is 11.6 Å². The van der Waals surface area contributed by atoms with Crippen molar-refractivity contribution >= 4 is 11.6 Å². The second-order valence-corrected chi connectivity index (χ2v) is 5.36. The number of hydrogen-bond acceptors (Lipinski definition) is 3. The highest BCUT2D eigenvalue weighted by Crippen LogP contribution is 2.34. The first kappa shape index (κ1) is 12.5. The molecule has 1 aliphatic rings. The summed E-state index contributed by atoms with van der Waals surface area (Å²) in [5.74, 6) is 0.954. The number of benzene rings is 1. The molecule has 0 saturated carbocycles. The second kappa shape index (κ2) is 4.87. The summed E-state index contributed by atoms with van der Waals surface area (Å²) < 4.78 is 7.58. The first-order valence-corrected chi connectivity index (χ1v) is 6.69. The van der Waals surface area contributed by atoms with Gasteiger partial charge in [-0.2, -0.15) is 0 Å². The normalized spacial score (nSPS) is 15.1. The highest BCUT2D eigenvalue weighted by Gasteiger charge is 2.20. The molecule has 1 aliphatic heterocycles. The molecule has 1 atom stereocenters. The van der Waals surface area contributed by atoms with E-state index in [9.17, 15) is 0 Å². The predicted molar refractivity (Wildman–Crippen MR) is 74.5 cm³/mol. The number of nitrogens with zero attached hydrogens (tertiary/aromatic N) is 2. The molecule has 4 nitrogen and oxygen atoms in total. The summed E-state index contributed by atoms with van der Waals surface area (Å²) in [6, 6.07) is 3.77. The second-order valence-electron chi connectivity index (χ2n) is 4.93. The summed E-state index contributed by atoms with van der Waals surface area (Å²) >= 11 is 6.15. The third-order valence-corrected chi connectivity index (χ3v) is 3.59. The maximum Gasteiger partial charge on any atom is 0.125 e. The van der Waals surface area contributed by atoms with Crippen LogP contribution in [0.5, 0.6) is 5.75 Å². The molecule has 2 N–H and O–H groups in total. The zero-order valence-electron chi connectivity index (χ0n) is 10.8. The molecule has 3 rings (SSSR count). The molecule has 5 heteroatoms. The van der Waals surface area contributed by atoms with Gasteiger partial charge in [0.25, 0.3) is 0 Å². The topological polar surface area (TPSA) is 53.1 Å². The van der Waals surface area contributed by atoms with E-state index in [2.05, 4.69) is 4.98 Å². The summed E-state index contributed by atoms with van der Waals surface area (Å²) in [4.78, 5) is 4.29. The number of aromatic nitrogens is 2. The van der Waals surface area contributed by atoms with Gasteiger partial charge in [-0.05, 0) is 29.7 Å². The number of nitrogens with two attached hydrogens (primary N) is 1. The Bertz CT molecular complexity index is 609. The van der Waals surface area contributed by atoms with Crippen LogP contribution < -0.4 is 10.5 Å². The van der Waals surface area contributed by atoms with Crippen LogP contribution in [-0.2, 0) is 19.9 Å². The maximum atomic E-state index is 6.21. The lowest BCUT2D eigenvalue weighted by Gasteiger charge is -2.13. The van der Waals surface area contributed by atoms with E-state index in [4.69, 9.17) is 22.1 Å². The molecule has 0 fully saturated rings. The van der Waals surface area contributed by atoms with E-state index in [-0.39, 0.29) is 6.04 Å². The summed E-state index contributed by atoms with van der Waals surface area (Å²) in [5, 5.41) is 0.743. The van der Waals surface area contributed by atoms with Crippen molar-refractivity contribution < 1.29 is 4.74 Å². The van der Waals surface area contributed by atoms with Gasteiger partial charge in [-0.25, -0.2) is 4.98 Å². The first-order chi connectivity index (χ1) is 9.13. The van der Waals surface area contributed by atoms with Crippen molar-refractivity contribution in [2.75, 3.05) is 6.61 Å². The van der Waals surface area contributed by atoms with Crippen LogP contribution in [0.15, 0.2) is 24.7 Å². The molecule has 2 aromatic rings. The van der Waals surface area contributed by atoms with E-state index in [1.807, 2.05) is 29.9 Å². The van der Waals surface area contributed by atoms with Crippen molar-refractivity contribution in [3.8, 4) is 5.75 Å². The standard InChI is InChI=1S/C14H16ClN3O/c1-18-7-13(17-8-18)12(16)6-10-5-11(15)4-9-2-3-19-14(9)10/h4-5,7-8,12H,2-3,6,16H2,1H3. The van der Waals surface area contributed by atoms with Crippen molar-refractivity contribution in [2.45, 2.75) is 18.9 Å². The number of rotatable bonds is 3. The molecule has 1 aromatic carbocycles. The monoisotopic (exact) mass is 277 g/mol. The van der Waals surface area contributed by atoms with Gasteiger partial charge in [0.2, 0.25) is 0 Å². The van der Waals surface area contributed by atoms with Crippen LogP contribution in [0, 0.1) is 0 Å². The van der Waals surface area contributed by atoms with E-state index in [1.54, 1.807) is 6.33 Å². The summed E-state index contributed by atoms with van der Waals surface area (Å²) in [5.41, 5.74) is 9.34. The van der Waals surface area contributed by atoms with Crippen LogP contribution in [0.2, 0.25) is 5.02 Å². The smallest absolute Gasteiger partial charge is 0.125 e. The van der Waals surface area contributed by atoms with E-state index >= 15 is 0 Å². The van der Waals surface area contributed by atoms with E-state index in [0.29, 0.717) is 6.42 Å². The number of hydrogen-bond donors (Lipinski definition) is 1. The molecule has 19 heavy (non-hydrogen) atoms. The summed E-state index contributed by atoms with van der Waals surface area (Å²) in [6.45, 7) is 0.724. The van der Waals surface area contributed by atoms with Gasteiger partial charge >= 0.3 is 0 Å². The Kier molecular flexibility index (Phi) is 3.21. The molecule has 0 radical (unpaired) electrons. The molecule has 0 saturated heterocycles. The minimum atomic E-state index is -0.145. The van der Waals surface area contributed by atoms with Crippen molar-refractivity contribution in [3.05, 3.63) is 46.5 Å². The zero-order chi connectivity index (χ0) is 13.4. The highest BCUT2D eigenvalue weighted by atomic mass is 35.5. The molecular formula is C14H16ClN3O. The molecule has 1 unspecified atom stereocenters. The SMILES string of the molecule is Cn1cnc(C(N)Cc2cc(Cl)cc3c2OCC3)c1. The Morgan fingerprint density at radius 1 is 1.53 bits per heavy atom. The number of fused-ring (bicyclic) bond motifs is 1. The number of halogens is 1. The lowest BCUT2D eigenvalue weighted by atomic mass is 10.0. The van der Waals surface area contributed by atoms with Crippen LogP contribution in [-0.4, -0.2) is 16.2 Å². The Hall–Kier alpha value is -1.52. The van der Waals surface area contributed by atoms with E-state index < -0.39 is 0 Å². The van der Waals surface area contributed by atoms with Crippen molar-refractivity contribution in [2.24, 2.45) is 12.8 Å². The quantitative estimate of drug-likeness (QED) is 0.936. The zero-order valence-corrected chi connectivity index (χ0v) is 11.5. The number of ether oxygens (including phenoxy) is 1. The molecule has 2 heterocycles. The Labute approximate surface area is 117 Å². The molecule has 0 amide bonds. The molecule has 1 aromatic heterocycles. The number of imidazole rings is 1. The lowest BCUT2D eigenvalue weighted by Crippen LogP contribution is -2.14. The van der Waals surface area contributed by atoms with Crippen LogP contribution in [0.3, 0.4) is 0 Å². The number of aryl methyl sites for hydroxylation is 1. The van der Waals surface area contributed by atoms with Crippen LogP contribution in [0.25, 0.3) is 0 Å². The average molecular weight is 278 g/mol. The fraction of sp³-hybridized carbons (Fsp3) is 0.357. The van der Waals surface area contributed by atoms with Crippen molar-refractivity contribution in [1.82, 2.24) is 9.55 Å². The minimum Gasteiger partial charge on any atom is -0.493 e. The van der Waals surface area contributed by atoms with Gasteiger partial charge in [-0.1, -0.05) is 11.6 Å². The van der Waals surface area contributed by atoms with Crippen LogP contribution in [0.1, 0.15) is 22.9 Å². The van der Waals surface area contributed by atoms with E-state index in [1.165, 1.54) is 5.56 Å². The molecule has 100 valence electrons. The Morgan fingerprint density at radius 3 is 3.11 bits per heavy atom. The third kappa shape index (κ3) is 2.46. The van der Waals surface area contributed by atoms with Gasteiger partial charge in [-0.3, -0.25) is 0 Å². The van der Waals surface area contributed by atoms with Crippen molar-refractivity contribution in [3.63, 3.8) is 0 Å². The van der Waals surface area contributed by atoms with Gasteiger partial charge in [-0.15, -0.1) is 0 Å². The van der Waals surface area contributed by atoms with Gasteiger partial charge in [0.15, 0.2) is 0 Å². The molecule has 0 aliphatic carbocycles. The molecule has 0 bridgehead atoms. The van der Waals surface area contributed by atoms with Crippen LogP contribution in [0.4, 0.5) is 0 Å². The third-order valence-electron chi connectivity index (χ3n) is 3.37. The van der Waals surface area contributed by atoms with E-state index in [0.717, 1.165) is 35.1 Å². The molecule has 0 spiro atoms. The first-order valence-electron chi connectivity index (χ1n) is 6.31. The Morgan fingerprint density at radius 2 is 2.37 bits per heavy atom. The van der Waals surface area contributed by atoms with Crippen molar-refractivity contribution in [1.29, 1.82) is 0 Å². The maximum absolute atomic E-state index is 6.21. The minimum absolute atomic E-state index is 0.145. The average Bonchev–Trinajstić information content (AvgIpc) is 2.97.